The van der Waals surface area contributed by atoms with Gasteiger partial charge in [-0.1, -0.05) is 6.92 Å². The summed E-state index contributed by atoms with van der Waals surface area (Å²) >= 11 is 0. The summed E-state index contributed by atoms with van der Waals surface area (Å²) in [5.41, 5.74) is 3.75. The second-order valence-electron chi connectivity index (χ2n) is 8.65. The van der Waals surface area contributed by atoms with Crippen LogP contribution in [-0.2, 0) is 22.5 Å². The SMILES string of the molecule is CCC1(O)C(=O)OCC(O)=C1/C=C1\NCc2c1nc1cc(F)c(C)c3c1c2C(NC)CC3. The summed E-state index contributed by atoms with van der Waals surface area (Å²) in [6.07, 6.45) is 3.25. The molecule has 0 radical (unpaired) electrons. The summed E-state index contributed by atoms with van der Waals surface area (Å²) in [6.45, 7) is 3.68. The van der Waals surface area contributed by atoms with Crippen LogP contribution < -0.4 is 10.6 Å². The highest BCUT2D eigenvalue weighted by Gasteiger charge is 2.45. The average molecular weight is 439 g/mol. The third-order valence-electron chi connectivity index (χ3n) is 7.07. The molecule has 2 aliphatic heterocycles. The highest BCUT2D eigenvalue weighted by molar-refractivity contribution is 5.93. The number of halogens is 1. The van der Waals surface area contributed by atoms with Gasteiger partial charge in [0.2, 0.25) is 0 Å². The number of cyclic esters (lactones) is 1. The van der Waals surface area contributed by atoms with Crippen molar-refractivity contribution in [3.8, 4) is 0 Å². The van der Waals surface area contributed by atoms with E-state index in [9.17, 15) is 19.4 Å². The quantitative estimate of drug-likeness (QED) is 0.545. The summed E-state index contributed by atoms with van der Waals surface area (Å²) in [5, 5.41) is 29.0. The van der Waals surface area contributed by atoms with Crippen molar-refractivity contribution in [1.29, 1.82) is 0 Å². The molecule has 1 aromatic carbocycles. The van der Waals surface area contributed by atoms with Crippen LogP contribution in [0.5, 0.6) is 0 Å². The third-order valence-corrected chi connectivity index (χ3v) is 7.07. The first kappa shape index (κ1) is 20.9. The fraction of sp³-hybridized carbons (Fsp3) is 0.417. The Morgan fingerprint density at radius 2 is 2.22 bits per heavy atom. The molecule has 7 nitrogen and oxygen atoms in total. The Hall–Kier alpha value is -2.97. The number of hydrogen-bond donors (Lipinski definition) is 4. The number of aryl methyl sites for hydroxylation is 1. The fourth-order valence-corrected chi connectivity index (χ4v) is 5.21. The molecule has 8 heteroatoms. The second kappa shape index (κ2) is 7.28. The maximum Gasteiger partial charge on any atom is 0.343 e. The van der Waals surface area contributed by atoms with E-state index < -0.39 is 11.6 Å². The normalized spacial score (nSPS) is 25.8. The fourth-order valence-electron chi connectivity index (χ4n) is 5.21. The Morgan fingerprint density at radius 3 is 2.94 bits per heavy atom. The lowest BCUT2D eigenvalue weighted by Crippen LogP contribution is -2.45. The van der Waals surface area contributed by atoms with E-state index in [1.165, 1.54) is 6.07 Å². The van der Waals surface area contributed by atoms with Gasteiger partial charge in [-0.05, 0) is 56.0 Å². The standard InChI is InChI=1S/C24H26FN3O4/c1-4-24(31)14(19(29)10-32-23(24)30)7-18-22-13(9-27-18)21-16(26-3)6-5-12-11(2)15(25)8-17(28-22)20(12)21/h7-8,16,26-27,29,31H,4-6,9-10H2,1-3H3/b18-7-. The molecule has 3 heterocycles. The number of esters is 1. The van der Waals surface area contributed by atoms with Crippen molar-refractivity contribution < 1.29 is 24.1 Å². The predicted octanol–water partition coefficient (Wildman–Crippen LogP) is 2.84. The van der Waals surface area contributed by atoms with Gasteiger partial charge in [-0.3, -0.25) is 0 Å². The Bertz CT molecular complexity index is 1240. The van der Waals surface area contributed by atoms with E-state index in [0.29, 0.717) is 29.0 Å². The van der Waals surface area contributed by atoms with E-state index in [0.717, 1.165) is 34.9 Å². The molecule has 2 atom stereocenters. The van der Waals surface area contributed by atoms with Crippen molar-refractivity contribution in [1.82, 2.24) is 15.6 Å². The van der Waals surface area contributed by atoms with Gasteiger partial charge < -0.3 is 25.6 Å². The zero-order valence-corrected chi connectivity index (χ0v) is 18.3. The van der Waals surface area contributed by atoms with Crippen LogP contribution in [-0.4, -0.2) is 40.4 Å². The number of ether oxygens (including phenoxy) is 1. The molecule has 2 unspecified atom stereocenters. The molecule has 0 bridgehead atoms. The minimum atomic E-state index is -1.94. The number of hydrogen-bond acceptors (Lipinski definition) is 7. The number of nitrogens with one attached hydrogen (secondary N) is 2. The Labute approximate surface area is 185 Å². The number of aromatic nitrogens is 1. The first-order valence-corrected chi connectivity index (χ1v) is 10.9. The van der Waals surface area contributed by atoms with Crippen LogP contribution in [0.1, 0.15) is 53.8 Å². The van der Waals surface area contributed by atoms with Gasteiger partial charge in [0.15, 0.2) is 5.60 Å². The molecule has 168 valence electrons. The van der Waals surface area contributed by atoms with E-state index >= 15 is 0 Å². The minimum absolute atomic E-state index is 0.0495. The van der Waals surface area contributed by atoms with Gasteiger partial charge in [0.25, 0.3) is 0 Å². The number of aliphatic hydroxyl groups is 2. The molecule has 0 amide bonds. The van der Waals surface area contributed by atoms with Gasteiger partial charge in [0.05, 0.1) is 16.9 Å². The molecule has 1 aromatic heterocycles. The van der Waals surface area contributed by atoms with E-state index in [4.69, 9.17) is 9.72 Å². The Balaban J connectivity index is 1.75. The van der Waals surface area contributed by atoms with Crippen LogP contribution in [0.2, 0.25) is 0 Å². The van der Waals surface area contributed by atoms with Crippen LogP contribution in [0, 0.1) is 12.7 Å². The summed E-state index contributed by atoms with van der Waals surface area (Å²) in [7, 11) is 1.92. The summed E-state index contributed by atoms with van der Waals surface area (Å²) in [6, 6.07) is 1.58. The molecule has 3 aliphatic rings. The van der Waals surface area contributed by atoms with Gasteiger partial charge >= 0.3 is 5.97 Å². The molecular weight excluding hydrogens is 413 g/mol. The van der Waals surface area contributed by atoms with E-state index in [1.807, 2.05) is 14.0 Å². The summed E-state index contributed by atoms with van der Waals surface area (Å²) in [4.78, 5) is 17.1. The van der Waals surface area contributed by atoms with Crippen LogP contribution in [0.25, 0.3) is 16.6 Å². The first-order valence-electron chi connectivity index (χ1n) is 10.9. The molecular formula is C24H26FN3O4. The molecule has 0 saturated heterocycles. The maximum absolute atomic E-state index is 14.7. The van der Waals surface area contributed by atoms with Gasteiger partial charge in [-0.2, -0.15) is 0 Å². The highest BCUT2D eigenvalue weighted by atomic mass is 19.1. The average Bonchev–Trinajstić information content (AvgIpc) is 3.19. The maximum atomic E-state index is 14.7. The van der Waals surface area contributed by atoms with E-state index in [1.54, 1.807) is 13.0 Å². The van der Waals surface area contributed by atoms with Crippen LogP contribution in [0.15, 0.2) is 23.5 Å². The zero-order valence-electron chi connectivity index (χ0n) is 18.3. The summed E-state index contributed by atoms with van der Waals surface area (Å²) < 4.78 is 19.6. The molecule has 5 rings (SSSR count). The number of carbonyl (C=O) groups excluding carboxylic acids is 1. The monoisotopic (exact) mass is 439 g/mol. The molecule has 4 N–H and O–H groups in total. The minimum Gasteiger partial charge on any atom is -0.508 e. The number of nitrogens with zero attached hydrogens (tertiary/aromatic N) is 1. The van der Waals surface area contributed by atoms with Gasteiger partial charge in [-0.15, -0.1) is 0 Å². The predicted molar refractivity (Wildman–Crippen MR) is 117 cm³/mol. The van der Waals surface area contributed by atoms with Crippen molar-refractivity contribution in [3.63, 3.8) is 0 Å². The number of pyridine rings is 1. The van der Waals surface area contributed by atoms with Crippen LogP contribution in [0.3, 0.4) is 0 Å². The topological polar surface area (TPSA) is 104 Å². The van der Waals surface area contributed by atoms with Crippen LogP contribution >= 0.6 is 0 Å². The molecule has 0 spiro atoms. The molecule has 0 saturated carbocycles. The van der Waals surface area contributed by atoms with Gasteiger partial charge in [0, 0.05) is 35.2 Å². The van der Waals surface area contributed by atoms with Crippen molar-refractivity contribution >= 4 is 22.6 Å². The lowest BCUT2D eigenvalue weighted by atomic mass is 9.82. The van der Waals surface area contributed by atoms with Crippen molar-refractivity contribution in [2.45, 2.75) is 51.3 Å². The Kier molecular flexibility index (Phi) is 4.76. The number of fused-ring (bicyclic) bond motifs is 2. The number of aliphatic hydroxyl groups excluding tert-OH is 1. The molecule has 32 heavy (non-hydrogen) atoms. The number of carbonyl (C=O) groups is 1. The Morgan fingerprint density at radius 1 is 1.44 bits per heavy atom. The largest absolute Gasteiger partial charge is 0.508 e. The first-order chi connectivity index (χ1) is 15.3. The van der Waals surface area contributed by atoms with Gasteiger partial charge in [0.1, 0.15) is 18.2 Å². The van der Waals surface area contributed by atoms with Gasteiger partial charge in [-0.25, -0.2) is 14.2 Å². The smallest absolute Gasteiger partial charge is 0.343 e. The van der Waals surface area contributed by atoms with E-state index in [-0.39, 0.29) is 36.2 Å². The summed E-state index contributed by atoms with van der Waals surface area (Å²) in [5.74, 6) is -1.27. The second-order valence-corrected chi connectivity index (χ2v) is 8.65. The third kappa shape index (κ3) is 2.79. The molecule has 0 fully saturated rings. The number of benzene rings is 1. The lowest BCUT2D eigenvalue weighted by Gasteiger charge is -2.31. The highest BCUT2D eigenvalue weighted by Crippen LogP contribution is 2.43. The number of rotatable bonds is 3. The zero-order chi connectivity index (χ0) is 22.8. The molecule has 1 aliphatic carbocycles. The van der Waals surface area contributed by atoms with Crippen molar-refractivity contribution in [2.75, 3.05) is 13.7 Å². The van der Waals surface area contributed by atoms with Crippen molar-refractivity contribution in [3.05, 3.63) is 57.2 Å². The lowest BCUT2D eigenvalue weighted by molar-refractivity contribution is -0.164. The van der Waals surface area contributed by atoms with Crippen LogP contribution in [0.4, 0.5) is 4.39 Å². The molecule has 2 aromatic rings. The van der Waals surface area contributed by atoms with E-state index in [2.05, 4.69) is 10.6 Å². The van der Waals surface area contributed by atoms with Crippen molar-refractivity contribution in [2.24, 2.45) is 0 Å².